The Balaban J connectivity index is 0.00000242. The monoisotopic (exact) mass is 619 g/mol. The van der Waals surface area contributed by atoms with Crippen LogP contribution in [0.4, 0.5) is 0 Å². The van der Waals surface area contributed by atoms with Gasteiger partial charge in [-0.25, -0.2) is 9.97 Å². The fourth-order valence-electron chi connectivity index (χ4n) is 6.92. The van der Waals surface area contributed by atoms with Gasteiger partial charge in [-0.3, -0.25) is 0 Å². The standard InChI is InChI=1S/C36H44N4.Na.Zn/c1-9-21-22(10-2)30-18-32-25(13-5)26(14-6)34(39-32)20-36-28(16-8)27(15-7)35(40-36)19-33-24(12-4)23(11-3)31(38-33)17-29(21)37-30;;/h17-20H,9-16H2,1-8H3;;/q-2;+1;. The maximum absolute atomic E-state index is 5.25. The van der Waals surface area contributed by atoms with E-state index in [1.165, 1.54) is 44.5 Å². The van der Waals surface area contributed by atoms with Gasteiger partial charge in [-0.1, -0.05) is 95.8 Å². The number of rotatable bonds is 8. The summed E-state index contributed by atoms with van der Waals surface area (Å²) in [6, 6.07) is 8.98. The third kappa shape index (κ3) is 5.97. The second-order valence-corrected chi connectivity index (χ2v) is 10.8. The van der Waals surface area contributed by atoms with E-state index in [-0.39, 0.29) is 49.0 Å². The number of allylic oxidation sites excluding steroid dienone is 4. The van der Waals surface area contributed by atoms with Crippen LogP contribution in [0.2, 0.25) is 0 Å². The summed E-state index contributed by atoms with van der Waals surface area (Å²) in [7, 11) is 0. The van der Waals surface area contributed by atoms with Crippen LogP contribution in [0.15, 0.2) is 24.3 Å². The molecule has 42 heavy (non-hydrogen) atoms. The van der Waals surface area contributed by atoms with E-state index in [0.717, 1.165) is 96.2 Å². The molecular formula is C36H44N4NaZn-. The van der Waals surface area contributed by atoms with Crippen molar-refractivity contribution in [2.24, 2.45) is 0 Å². The van der Waals surface area contributed by atoms with E-state index >= 15 is 0 Å². The first-order valence-electron chi connectivity index (χ1n) is 15.6. The van der Waals surface area contributed by atoms with Gasteiger partial charge in [-0.05, 0) is 79.7 Å². The molecule has 3 aromatic heterocycles. The zero-order valence-electron chi connectivity index (χ0n) is 27.5. The summed E-state index contributed by atoms with van der Waals surface area (Å²) in [6.07, 6.45) is 7.60. The van der Waals surface area contributed by atoms with Crippen molar-refractivity contribution in [2.45, 2.75) is 107 Å². The fraction of sp³-hybridized carbons (Fsp3) is 0.444. The summed E-state index contributed by atoms with van der Waals surface area (Å²) in [5.74, 6) is 0. The Kier molecular flexibility index (Phi) is 12.2. The quantitative estimate of drug-likeness (QED) is 0.278. The third-order valence-electron chi connectivity index (χ3n) is 8.82. The van der Waals surface area contributed by atoms with Crippen LogP contribution in [0.1, 0.15) is 126 Å². The molecule has 0 aliphatic carbocycles. The molecule has 4 nitrogen and oxygen atoms in total. The molecule has 5 heterocycles. The number of hydrogen-bond donors (Lipinski definition) is 0. The Morgan fingerprint density at radius 2 is 0.667 bits per heavy atom. The van der Waals surface area contributed by atoms with Gasteiger partial charge in [-0.2, -0.15) is 0 Å². The Bertz CT molecular complexity index is 1570. The second kappa shape index (κ2) is 14.8. The van der Waals surface area contributed by atoms with Crippen LogP contribution >= 0.6 is 0 Å². The Morgan fingerprint density at radius 3 is 0.929 bits per heavy atom. The molecule has 0 saturated carbocycles. The van der Waals surface area contributed by atoms with Crippen molar-refractivity contribution in [1.82, 2.24) is 19.9 Å². The summed E-state index contributed by atoms with van der Waals surface area (Å²) in [5, 5.41) is 0. The number of fused-ring (bicyclic) bond motifs is 8. The molecule has 6 heteroatoms. The topological polar surface area (TPSA) is 54.0 Å². The van der Waals surface area contributed by atoms with Crippen molar-refractivity contribution in [3.05, 3.63) is 69.3 Å². The van der Waals surface area contributed by atoms with Gasteiger partial charge in [0.25, 0.3) is 0 Å². The van der Waals surface area contributed by atoms with Crippen molar-refractivity contribution >= 4 is 44.4 Å². The van der Waals surface area contributed by atoms with Crippen molar-refractivity contribution in [3.63, 3.8) is 0 Å². The van der Waals surface area contributed by atoms with Crippen LogP contribution in [0, 0.1) is 0 Å². The van der Waals surface area contributed by atoms with Crippen LogP contribution < -0.4 is 39.5 Å². The Hall–Kier alpha value is -1.78. The molecule has 0 fully saturated rings. The van der Waals surface area contributed by atoms with Gasteiger partial charge < -0.3 is 9.97 Å². The molecule has 0 amide bonds. The predicted molar refractivity (Wildman–Crippen MR) is 171 cm³/mol. The number of hydrogen-bond acceptors (Lipinski definition) is 2. The molecule has 0 atom stereocenters. The molecule has 3 aromatic rings. The summed E-state index contributed by atoms with van der Waals surface area (Å²) in [5.41, 5.74) is 19.1. The van der Waals surface area contributed by atoms with Gasteiger partial charge in [0.15, 0.2) is 0 Å². The molecule has 8 bridgehead atoms. The number of aryl methyl sites for hydroxylation is 4. The predicted octanol–water partition coefficient (Wildman–Crippen LogP) is 6.29. The first-order chi connectivity index (χ1) is 19.5. The van der Waals surface area contributed by atoms with Crippen molar-refractivity contribution in [3.8, 4) is 0 Å². The van der Waals surface area contributed by atoms with Crippen LogP contribution in [0.25, 0.3) is 44.4 Å². The molecule has 212 valence electrons. The normalized spacial score (nSPS) is 13.0. The summed E-state index contributed by atoms with van der Waals surface area (Å²) in [6.45, 7) is 17.9. The van der Waals surface area contributed by atoms with Crippen LogP contribution in [0.5, 0.6) is 0 Å². The molecule has 0 radical (unpaired) electrons. The summed E-state index contributed by atoms with van der Waals surface area (Å²) < 4.78 is 0. The van der Waals surface area contributed by atoms with E-state index in [2.05, 4.69) is 79.7 Å². The van der Waals surface area contributed by atoms with Crippen molar-refractivity contribution in [1.29, 1.82) is 0 Å². The largest absolute Gasteiger partial charge is 1.00 e. The Morgan fingerprint density at radius 1 is 0.405 bits per heavy atom. The van der Waals surface area contributed by atoms with Crippen LogP contribution in [-0.4, -0.2) is 9.97 Å². The van der Waals surface area contributed by atoms with Gasteiger partial charge in [-0.15, -0.1) is 22.1 Å². The van der Waals surface area contributed by atoms with E-state index in [9.17, 15) is 0 Å². The van der Waals surface area contributed by atoms with E-state index in [0.29, 0.717) is 0 Å². The molecule has 0 aromatic carbocycles. The fourth-order valence-corrected chi connectivity index (χ4v) is 6.92. The molecule has 5 rings (SSSR count). The number of aromatic nitrogens is 4. The van der Waals surface area contributed by atoms with E-state index < -0.39 is 0 Å². The molecule has 0 saturated heterocycles. The van der Waals surface area contributed by atoms with Gasteiger partial charge in [0.2, 0.25) is 0 Å². The SMILES string of the molecule is CCC1=C(CC)c2cc3[n-]c(cc4[n-]c(cc5nc(cc1n2)C(CC)=C5CC)c(CC)c4CC)c(CC)c3CC.[Na+].[Zn]. The summed E-state index contributed by atoms with van der Waals surface area (Å²) in [4.78, 5) is 21.0. The zero-order valence-corrected chi connectivity index (χ0v) is 32.4. The van der Waals surface area contributed by atoms with Gasteiger partial charge in [0.05, 0.1) is 22.8 Å². The minimum Gasteiger partial charge on any atom is -0.657 e. The average molecular weight is 621 g/mol. The van der Waals surface area contributed by atoms with Crippen LogP contribution in [0.3, 0.4) is 0 Å². The first-order valence-corrected chi connectivity index (χ1v) is 15.6. The van der Waals surface area contributed by atoms with Crippen molar-refractivity contribution < 1.29 is 49.0 Å². The first kappa shape index (κ1) is 34.7. The van der Waals surface area contributed by atoms with Gasteiger partial charge >= 0.3 is 29.6 Å². The maximum atomic E-state index is 5.25. The van der Waals surface area contributed by atoms with Crippen LogP contribution in [-0.2, 0) is 45.2 Å². The van der Waals surface area contributed by atoms with Crippen molar-refractivity contribution in [2.75, 3.05) is 0 Å². The third-order valence-corrected chi connectivity index (χ3v) is 8.82. The van der Waals surface area contributed by atoms with E-state index in [1.807, 2.05) is 0 Å². The van der Waals surface area contributed by atoms with Gasteiger partial charge in [0.1, 0.15) is 0 Å². The molecule has 0 unspecified atom stereocenters. The summed E-state index contributed by atoms with van der Waals surface area (Å²) >= 11 is 0. The molecule has 0 spiro atoms. The zero-order chi connectivity index (χ0) is 28.6. The second-order valence-electron chi connectivity index (χ2n) is 10.8. The number of nitrogens with zero attached hydrogens (tertiary/aromatic N) is 4. The molecule has 0 N–H and O–H groups in total. The minimum absolute atomic E-state index is 0. The maximum Gasteiger partial charge on any atom is 1.00 e. The van der Waals surface area contributed by atoms with E-state index in [4.69, 9.17) is 19.9 Å². The minimum atomic E-state index is 0. The average Bonchev–Trinajstić information content (AvgIpc) is 3.67. The Labute approximate surface area is 287 Å². The van der Waals surface area contributed by atoms with Gasteiger partial charge in [0, 0.05) is 19.5 Å². The molecule has 2 aliphatic heterocycles. The molecular weight excluding hydrogens is 577 g/mol. The van der Waals surface area contributed by atoms with E-state index in [1.54, 1.807) is 0 Å². The molecule has 2 aliphatic rings. The smallest absolute Gasteiger partial charge is 0.657 e.